The van der Waals surface area contributed by atoms with Crippen LogP contribution in [-0.2, 0) is 6.54 Å². The van der Waals surface area contributed by atoms with E-state index in [2.05, 4.69) is 15.2 Å². The van der Waals surface area contributed by atoms with Crippen molar-refractivity contribution in [3.05, 3.63) is 62.7 Å². The normalized spacial score (nSPS) is 12.7. The van der Waals surface area contributed by atoms with E-state index in [1.807, 2.05) is 19.9 Å². The van der Waals surface area contributed by atoms with E-state index < -0.39 is 0 Å². The molecule has 134 valence electrons. The van der Waals surface area contributed by atoms with Crippen molar-refractivity contribution in [3.8, 4) is 17.2 Å². The Morgan fingerprint density at radius 2 is 1.96 bits per heavy atom. The highest BCUT2D eigenvalue weighted by atomic mass is 16.7. The van der Waals surface area contributed by atoms with Gasteiger partial charge in [-0.15, -0.1) is 0 Å². The number of hydrogen-bond acceptors (Lipinski definition) is 6. The Morgan fingerprint density at radius 1 is 1.15 bits per heavy atom. The Morgan fingerprint density at radius 3 is 2.77 bits per heavy atom. The number of benzene rings is 1. The molecule has 9 nitrogen and oxygen atoms in total. The summed E-state index contributed by atoms with van der Waals surface area (Å²) in [5.41, 5.74) is 0.0498. The molecular formula is C17H17N5O4. The molecule has 0 aliphatic carbocycles. The number of nitrogens with zero attached hydrogens (tertiary/aromatic N) is 4. The number of ether oxygens (including phenoxy) is 2. The van der Waals surface area contributed by atoms with Crippen LogP contribution in [-0.4, -0.2) is 31.3 Å². The van der Waals surface area contributed by atoms with E-state index in [1.54, 1.807) is 16.8 Å². The van der Waals surface area contributed by atoms with Crippen LogP contribution in [0.4, 0.5) is 0 Å². The van der Waals surface area contributed by atoms with Gasteiger partial charge in [0.25, 0.3) is 11.1 Å². The number of hydrogen-bond donors (Lipinski definition) is 1. The van der Waals surface area contributed by atoms with Gasteiger partial charge in [0.2, 0.25) is 6.79 Å². The van der Waals surface area contributed by atoms with E-state index in [0.29, 0.717) is 23.1 Å². The van der Waals surface area contributed by atoms with E-state index in [4.69, 9.17) is 9.47 Å². The second-order valence-corrected chi connectivity index (χ2v) is 6.22. The lowest BCUT2D eigenvalue weighted by molar-refractivity contribution is 0.174. The van der Waals surface area contributed by atoms with E-state index in [-0.39, 0.29) is 30.4 Å². The fourth-order valence-electron chi connectivity index (χ4n) is 2.65. The van der Waals surface area contributed by atoms with Crippen LogP contribution in [0.1, 0.15) is 31.4 Å². The summed E-state index contributed by atoms with van der Waals surface area (Å²) in [6.07, 6.45) is 0. The van der Waals surface area contributed by atoms with Gasteiger partial charge in [0.05, 0.1) is 5.69 Å². The molecule has 0 fully saturated rings. The number of rotatable bonds is 4. The molecule has 1 aliphatic rings. The lowest BCUT2D eigenvalue weighted by atomic mass is 10.2. The zero-order chi connectivity index (χ0) is 18.3. The minimum atomic E-state index is -0.358. The zero-order valence-corrected chi connectivity index (χ0v) is 14.3. The predicted octanol–water partition coefficient (Wildman–Crippen LogP) is 1.02. The van der Waals surface area contributed by atoms with Crippen LogP contribution in [0.2, 0.25) is 0 Å². The summed E-state index contributed by atoms with van der Waals surface area (Å²) in [5, 5.41) is 7.06. The topological polar surface area (TPSA) is 104 Å². The Bertz CT molecular complexity index is 1080. The molecule has 1 aliphatic heterocycles. The van der Waals surface area contributed by atoms with Crippen molar-refractivity contribution in [2.75, 3.05) is 6.79 Å². The van der Waals surface area contributed by atoms with E-state index in [9.17, 15) is 9.59 Å². The van der Waals surface area contributed by atoms with Crippen molar-refractivity contribution in [1.82, 2.24) is 24.5 Å². The summed E-state index contributed by atoms with van der Waals surface area (Å²) >= 11 is 0. The predicted molar refractivity (Wildman–Crippen MR) is 92.0 cm³/mol. The fourth-order valence-corrected chi connectivity index (χ4v) is 2.65. The number of nitrogens with one attached hydrogen (secondary N) is 1. The first-order valence-corrected chi connectivity index (χ1v) is 8.17. The Kier molecular flexibility index (Phi) is 3.83. The number of H-pyrrole nitrogens is 1. The third-order valence-corrected chi connectivity index (χ3v) is 4.00. The van der Waals surface area contributed by atoms with Crippen LogP contribution in [0.15, 0.2) is 39.9 Å². The first-order valence-electron chi connectivity index (χ1n) is 8.17. The molecule has 0 bridgehead atoms. The molecule has 26 heavy (non-hydrogen) atoms. The van der Waals surface area contributed by atoms with Gasteiger partial charge in [-0.05, 0) is 12.1 Å². The van der Waals surface area contributed by atoms with Gasteiger partial charge in [-0.25, -0.2) is 14.3 Å². The highest BCUT2D eigenvalue weighted by Crippen LogP contribution is 2.33. The molecule has 1 aromatic carbocycles. The quantitative estimate of drug-likeness (QED) is 0.749. The van der Waals surface area contributed by atoms with Crippen molar-refractivity contribution in [2.45, 2.75) is 26.3 Å². The molecule has 0 amide bonds. The Hall–Kier alpha value is -3.36. The van der Waals surface area contributed by atoms with Gasteiger partial charge in [0, 0.05) is 24.1 Å². The second-order valence-electron chi connectivity index (χ2n) is 6.22. The molecule has 2 aromatic heterocycles. The van der Waals surface area contributed by atoms with Gasteiger partial charge in [-0.2, -0.15) is 5.10 Å². The average Bonchev–Trinajstić information content (AvgIpc) is 3.24. The van der Waals surface area contributed by atoms with Gasteiger partial charge in [-0.3, -0.25) is 14.7 Å². The van der Waals surface area contributed by atoms with Crippen molar-refractivity contribution in [1.29, 1.82) is 0 Å². The summed E-state index contributed by atoms with van der Waals surface area (Å²) in [6.45, 7) is 4.24. The highest BCUT2D eigenvalue weighted by molar-refractivity contribution is 5.50. The maximum atomic E-state index is 12.0. The number of aromatic amines is 1. The van der Waals surface area contributed by atoms with Crippen LogP contribution in [0.3, 0.4) is 0 Å². The molecule has 1 N–H and O–H groups in total. The summed E-state index contributed by atoms with van der Waals surface area (Å²) < 4.78 is 13.6. The SMILES string of the molecule is CC(C)c1nc(Cn2[nH]c(=O)ccc2=O)n(-c2ccc3c(c2)OCO3)n1. The third-order valence-electron chi connectivity index (χ3n) is 4.00. The van der Waals surface area contributed by atoms with Gasteiger partial charge >= 0.3 is 0 Å². The average molecular weight is 355 g/mol. The molecule has 3 aromatic rings. The van der Waals surface area contributed by atoms with Crippen molar-refractivity contribution >= 4 is 0 Å². The monoisotopic (exact) mass is 355 g/mol. The molecule has 3 heterocycles. The summed E-state index contributed by atoms with van der Waals surface area (Å²) in [7, 11) is 0. The first-order chi connectivity index (χ1) is 12.5. The summed E-state index contributed by atoms with van der Waals surface area (Å²) in [6, 6.07) is 7.87. The van der Waals surface area contributed by atoms with Gasteiger partial charge in [0.15, 0.2) is 23.1 Å². The molecule has 0 unspecified atom stereocenters. The molecular weight excluding hydrogens is 338 g/mol. The molecule has 0 saturated heterocycles. The Labute approximate surface area is 147 Å². The Balaban J connectivity index is 1.80. The third kappa shape index (κ3) is 2.87. The number of aromatic nitrogens is 5. The molecule has 0 spiro atoms. The van der Waals surface area contributed by atoms with Crippen LogP contribution < -0.4 is 20.6 Å². The van der Waals surface area contributed by atoms with Crippen LogP contribution in [0.5, 0.6) is 11.5 Å². The summed E-state index contributed by atoms with van der Waals surface area (Å²) in [4.78, 5) is 28.1. The molecule has 9 heteroatoms. The zero-order valence-electron chi connectivity index (χ0n) is 14.3. The van der Waals surface area contributed by atoms with Gasteiger partial charge in [0.1, 0.15) is 6.54 Å². The van der Waals surface area contributed by atoms with Crippen molar-refractivity contribution in [2.24, 2.45) is 0 Å². The van der Waals surface area contributed by atoms with Crippen LogP contribution >= 0.6 is 0 Å². The highest BCUT2D eigenvalue weighted by Gasteiger charge is 2.19. The molecule has 4 rings (SSSR count). The van der Waals surface area contributed by atoms with Crippen LogP contribution in [0.25, 0.3) is 5.69 Å². The standard InChI is InChI=1S/C17H17N5O4/c1-10(2)17-18-14(8-21-16(24)6-5-15(23)19-21)22(20-17)11-3-4-12-13(7-11)26-9-25-12/h3-7,10H,8-9H2,1-2H3,(H,19,23). The second kappa shape index (κ2) is 6.17. The molecule has 0 radical (unpaired) electrons. The van der Waals surface area contributed by atoms with E-state index in [0.717, 1.165) is 5.69 Å². The lowest BCUT2D eigenvalue weighted by Gasteiger charge is -2.08. The van der Waals surface area contributed by atoms with Gasteiger partial charge in [-0.1, -0.05) is 13.8 Å². The maximum absolute atomic E-state index is 12.0. The molecule has 0 atom stereocenters. The van der Waals surface area contributed by atoms with Crippen molar-refractivity contribution in [3.63, 3.8) is 0 Å². The number of fused-ring (bicyclic) bond motifs is 1. The van der Waals surface area contributed by atoms with Gasteiger partial charge < -0.3 is 9.47 Å². The fraction of sp³-hybridized carbons (Fsp3) is 0.294. The largest absolute Gasteiger partial charge is 0.454 e. The molecule has 0 saturated carbocycles. The minimum Gasteiger partial charge on any atom is -0.454 e. The van der Waals surface area contributed by atoms with Crippen molar-refractivity contribution < 1.29 is 9.47 Å². The smallest absolute Gasteiger partial charge is 0.265 e. The maximum Gasteiger partial charge on any atom is 0.265 e. The lowest BCUT2D eigenvalue weighted by Crippen LogP contribution is -2.29. The van der Waals surface area contributed by atoms with Crippen LogP contribution in [0, 0.1) is 0 Å². The first kappa shape index (κ1) is 16.1. The van der Waals surface area contributed by atoms with E-state index >= 15 is 0 Å². The van der Waals surface area contributed by atoms with E-state index in [1.165, 1.54) is 16.8 Å². The minimum absolute atomic E-state index is 0.0864. The summed E-state index contributed by atoms with van der Waals surface area (Å²) in [5.74, 6) is 2.57.